The highest BCUT2D eigenvalue weighted by Crippen LogP contribution is 2.20. The molecule has 4 heteroatoms. The third-order valence-corrected chi connectivity index (χ3v) is 2.12. The van der Waals surface area contributed by atoms with Gasteiger partial charge in [0.1, 0.15) is 0 Å². The van der Waals surface area contributed by atoms with Crippen molar-refractivity contribution >= 4 is 11.8 Å². The van der Waals surface area contributed by atoms with E-state index in [1.54, 1.807) is 7.11 Å². The van der Waals surface area contributed by atoms with E-state index < -0.39 is 0 Å². The summed E-state index contributed by atoms with van der Waals surface area (Å²) < 4.78 is 4.91. The van der Waals surface area contributed by atoms with Crippen molar-refractivity contribution in [2.75, 3.05) is 13.7 Å². The van der Waals surface area contributed by atoms with Gasteiger partial charge in [-0.15, -0.1) is 0 Å². The van der Waals surface area contributed by atoms with Crippen LogP contribution in [0.3, 0.4) is 0 Å². The van der Waals surface area contributed by atoms with Crippen LogP contribution in [0.5, 0.6) is 0 Å². The molecular formula is C8H13NO3. The molecule has 2 atom stereocenters. The summed E-state index contributed by atoms with van der Waals surface area (Å²) in [6, 6.07) is 0. The van der Waals surface area contributed by atoms with Gasteiger partial charge in [0.25, 0.3) is 0 Å². The Labute approximate surface area is 71.3 Å². The fourth-order valence-electron chi connectivity index (χ4n) is 1.41. The summed E-state index contributed by atoms with van der Waals surface area (Å²) in [5.41, 5.74) is 0. The van der Waals surface area contributed by atoms with Crippen LogP contribution in [0.1, 0.15) is 13.3 Å². The van der Waals surface area contributed by atoms with Gasteiger partial charge in [0.15, 0.2) is 0 Å². The number of hydrogen-bond donors (Lipinski definition) is 1. The largest absolute Gasteiger partial charge is 0.384 e. The van der Waals surface area contributed by atoms with Crippen LogP contribution >= 0.6 is 0 Å². The Hall–Kier alpha value is -0.900. The van der Waals surface area contributed by atoms with Crippen LogP contribution in [0.4, 0.5) is 0 Å². The predicted molar refractivity (Wildman–Crippen MR) is 42.3 cm³/mol. The van der Waals surface area contributed by atoms with Gasteiger partial charge < -0.3 is 4.74 Å². The summed E-state index contributed by atoms with van der Waals surface area (Å²) >= 11 is 0. The van der Waals surface area contributed by atoms with Crippen LogP contribution in [0.2, 0.25) is 0 Å². The van der Waals surface area contributed by atoms with E-state index in [0.717, 1.165) is 0 Å². The van der Waals surface area contributed by atoms with Gasteiger partial charge in [0.05, 0.1) is 5.92 Å². The molecule has 1 heterocycles. The second kappa shape index (κ2) is 3.67. The zero-order valence-electron chi connectivity index (χ0n) is 7.29. The molecule has 12 heavy (non-hydrogen) atoms. The van der Waals surface area contributed by atoms with Gasteiger partial charge in [0.2, 0.25) is 11.8 Å². The van der Waals surface area contributed by atoms with Crippen LogP contribution in [-0.4, -0.2) is 25.5 Å². The number of ether oxygens (including phenoxy) is 1. The van der Waals surface area contributed by atoms with Crippen molar-refractivity contribution in [1.29, 1.82) is 0 Å². The van der Waals surface area contributed by atoms with Crippen molar-refractivity contribution in [2.24, 2.45) is 11.8 Å². The fourth-order valence-corrected chi connectivity index (χ4v) is 1.41. The molecule has 1 fully saturated rings. The zero-order valence-corrected chi connectivity index (χ0v) is 7.29. The van der Waals surface area contributed by atoms with Crippen molar-refractivity contribution in [1.82, 2.24) is 5.32 Å². The van der Waals surface area contributed by atoms with Crippen LogP contribution in [0.25, 0.3) is 0 Å². The molecule has 1 rings (SSSR count). The lowest BCUT2D eigenvalue weighted by atomic mass is 9.93. The van der Waals surface area contributed by atoms with Gasteiger partial charge >= 0.3 is 0 Å². The molecule has 2 unspecified atom stereocenters. The maximum Gasteiger partial charge on any atom is 0.230 e. The quantitative estimate of drug-likeness (QED) is 0.605. The number of carbonyl (C=O) groups is 2. The van der Waals surface area contributed by atoms with E-state index in [1.165, 1.54) is 0 Å². The van der Waals surface area contributed by atoms with Crippen molar-refractivity contribution in [3.8, 4) is 0 Å². The summed E-state index contributed by atoms with van der Waals surface area (Å²) in [5, 5.41) is 2.27. The minimum Gasteiger partial charge on any atom is -0.384 e. The summed E-state index contributed by atoms with van der Waals surface area (Å²) in [5.74, 6) is -0.420. The zero-order chi connectivity index (χ0) is 9.14. The van der Waals surface area contributed by atoms with Gasteiger partial charge in [-0.1, -0.05) is 6.92 Å². The second-order valence-corrected chi connectivity index (χ2v) is 3.16. The number of hydrogen-bond acceptors (Lipinski definition) is 3. The maximum atomic E-state index is 11.1. The van der Waals surface area contributed by atoms with Crippen molar-refractivity contribution in [2.45, 2.75) is 13.3 Å². The normalized spacial score (nSPS) is 25.7. The molecule has 68 valence electrons. The van der Waals surface area contributed by atoms with E-state index in [4.69, 9.17) is 4.74 Å². The van der Waals surface area contributed by atoms with Crippen LogP contribution in [0.15, 0.2) is 0 Å². The first kappa shape index (κ1) is 9.19. The fraction of sp³-hybridized carbons (Fsp3) is 0.750. The third kappa shape index (κ3) is 1.82. The minimum absolute atomic E-state index is 0.112. The van der Waals surface area contributed by atoms with Crippen LogP contribution < -0.4 is 5.32 Å². The second-order valence-electron chi connectivity index (χ2n) is 3.16. The van der Waals surface area contributed by atoms with E-state index in [-0.39, 0.29) is 23.7 Å². The molecule has 1 saturated heterocycles. The summed E-state index contributed by atoms with van der Waals surface area (Å²) in [7, 11) is 1.59. The topological polar surface area (TPSA) is 55.4 Å². The Morgan fingerprint density at radius 3 is 2.75 bits per heavy atom. The lowest BCUT2D eigenvalue weighted by Gasteiger charge is -2.13. The molecule has 0 spiro atoms. The molecule has 0 bridgehead atoms. The molecule has 1 aliphatic rings. The van der Waals surface area contributed by atoms with Gasteiger partial charge in [-0.2, -0.15) is 0 Å². The first-order valence-electron chi connectivity index (χ1n) is 3.97. The van der Waals surface area contributed by atoms with E-state index >= 15 is 0 Å². The van der Waals surface area contributed by atoms with Gasteiger partial charge in [-0.05, 0) is 5.92 Å². The SMILES string of the molecule is COCC(C)C1CC(=O)NC1=O. The first-order chi connectivity index (χ1) is 5.65. The highest BCUT2D eigenvalue weighted by Gasteiger charge is 2.34. The Bertz CT molecular complexity index is 202. The average molecular weight is 171 g/mol. The monoisotopic (exact) mass is 171 g/mol. The first-order valence-corrected chi connectivity index (χ1v) is 3.97. The molecule has 1 N–H and O–H groups in total. The number of nitrogens with one attached hydrogen (secondary N) is 1. The molecule has 4 nitrogen and oxygen atoms in total. The predicted octanol–water partition coefficient (Wildman–Crippen LogP) is -0.0684. The van der Waals surface area contributed by atoms with Crippen molar-refractivity contribution in [3.05, 3.63) is 0 Å². The highest BCUT2D eigenvalue weighted by molar-refractivity contribution is 6.03. The number of carbonyl (C=O) groups excluding carboxylic acids is 2. The molecule has 0 radical (unpaired) electrons. The maximum absolute atomic E-state index is 11.1. The van der Waals surface area contributed by atoms with E-state index in [0.29, 0.717) is 13.0 Å². The number of amides is 2. The van der Waals surface area contributed by atoms with Crippen LogP contribution in [0, 0.1) is 11.8 Å². The third-order valence-electron chi connectivity index (χ3n) is 2.12. The number of rotatable bonds is 3. The molecule has 0 aromatic heterocycles. The Morgan fingerprint density at radius 1 is 1.67 bits per heavy atom. The van der Waals surface area contributed by atoms with E-state index in [9.17, 15) is 9.59 Å². The van der Waals surface area contributed by atoms with Crippen molar-refractivity contribution < 1.29 is 14.3 Å². The summed E-state index contributed by atoms with van der Waals surface area (Å²) in [6.45, 7) is 2.43. The van der Waals surface area contributed by atoms with Crippen molar-refractivity contribution in [3.63, 3.8) is 0 Å². The van der Waals surface area contributed by atoms with E-state index in [1.807, 2.05) is 6.92 Å². The Balaban J connectivity index is 2.51. The molecule has 0 aliphatic carbocycles. The molecule has 0 aromatic rings. The summed E-state index contributed by atoms with van der Waals surface area (Å²) in [6.07, 6.45) is 0.309. The minimum atomic E-state index is -0.197. The summed E-state index contributed by atoms with van der Waals surface area (Å²) in [4.78, 5) is 21.9. The van der Waals surface area contributed by atoms with Gasteiger partial charge in [0, 0.05) is 20.1 Å². The van der Waals surface area contributed by atoms with E-state index in [2.05, 4.69) is 5.32 Å². The molecule has 2 amide bonds. The molecule has 0 aromatic carbocycles. The Kier molecular flexibility index (Phi) is 2.81. The van der Waals surface area contributed by atoms with Crippen LogP contribution in [-0.2, 0) is 14.3 Å². The Morgan fingerprint density at radius 2 is 2.33 bits per heavy atom. The standard InChI is InChI=1S/C8H13NO3/c1-5(4-12-2)6-3-7(10)9-8(6)11/h5-6H,3-4H2,1-2H3,(H,9,10,11). The van der Waals surface area contributed by atoms with Gasteiger partial charge in [-0.25, -0.2) is 0 Å². The smallest absolute Gasteiger partial charge is 0.230 e. The molecule has 0 saturated carbocycles. The molecule has 1 aliphatic heterocycles. The lowest BCUT2D eigenvalue weighted by Crippen LogP contribution is -2.26. The number of methoxy groups -OCH3 is 1. The molecular weight excluding hydrogens is 158 g/mol. The number of imide groups is 1. The average Bonchev–Trinajstić information content (AvgIpc) is 2.30. The lowest BCUT2D eigenvalue weighted by molar-refractivity contribution is -0.126. The highest BCUT2D eigenvalue weighted by atomic mass is 16.5. The van der Waals surface area contributed by atoms with Gasteiger partial charge in [-0.3, -0.25) is 14.9 Å².